The van der Waals surface area contributed by atoms with Gasteiger partial charge in [0.25, 0.3) is 0 Å². The molecule has 8 nitrogen and oxygen atoms in total. The summed E-state index contributed by atoms with van der Waals surface area (Å²) in [4.78, 5) is 24.5. The van der Waals surface area contributed by atoms with Crippen LogP contribution in [0.1, 0.15) is 34.5 Å². The van der Waals surface area contributed by atoms with Gasteiger partial charge in [0.2, 0.25) is 0 Å². The Labute approximate surface area is 245 Å². The molecule has 0 bridgehead atoms. The van der Waals surface area contributed by atoms with Gasteiger partial charge in [-0.05, 0) is 22.3 Å². The summed E-state index contributed by atoms with van der Waals surface area (Å²) < 4.78 is 22.4. The fraction of sp³-hybridized carbons (Fsp3) is 0.176. The van der Waals surface area contributed by atoms with Gasteiger partial charge in [0.05, 0.1) is 13.2 Å². The smallest absolute Gasteiger partial charge is 0.332 e. The first-order valence-electron chi connectivity index (χ1n) is 13.5. The summed E-state index contributed by atoms with van der Waals surface area (Å²) in [5.74, 6) is -1.64. The minimum atomic E-state index is -1.06. The van der Waals surface area contributed by atoms with Gasteiger partial charge in [-0.2, -0.15) is 0 Å². The van der Waals surface area contributed by atoms with E-state index in [-0.39, 0.29) is 13.2 Å². The van der Waals surface area contributed by atoms with Crippen LogP contribution in [-0.2, 0) is 28.5 Å². The molecule has 0 radical (unpaired) electrons. The van der Waals surface area contributed by atoms with Crippen LogP contribution in [0.15, 0.2) is 133 Å². The van der Waals surface area contributed by atoms with E-state index in [1.807, 2.05) is 121 Å². The molecule has 4 aromatic carbocycles. The molecular weight excluding hydrogens is 532 g/mol. The van der Waals surface area contributed by atoms with Crippen molar-refractivity contribution in [2.45, 2.75) is 24.7 Å². The number of hydrogen-bond donors (Lipinski definition) is 2. The summed E-state index contributed by atoms with van der Waals surface area (Å²) in [6.07, 6.45) is -1.05. The SMILES string of the molecule is NC(COC(c1ccccc1)c1ccccc1)OC(=O)/C=C\C(=O)OC(N)COC(c1ccccc1)c1ccccc1. The Morgan fingerprint density at radius 2 is 0.762 bits per heavy atom. The van der Waals surface area contributed by atoms with Crippen molar-refractivity contribution < 1.29 is 28.5 Å². The maximum atomic E-state index is 12.2. The molecule has 42 heavy (non-hydrogen) atoms. The van der Waals surface area contributed by atoms with Gasteiger partial charge in [0.1, 0.15) is 12.2 Å². The molecule has 0 amide bonds. The third-order valence-electron chi connectivity index (χ3n) is 6.15. The molecule has 8 heteroatoms. The zero-order chi connectivity index (χ0) is 29.6. The van der Waals surface area contributed by atoms with Crippen LogP contribution in [-0.4, -0.2) is 37.6 Å². The number of rotatable bonds is 14. The number of benzene rings is 4. The zero-order valence-corrected chi connectivity index (χ0v) is 23.0. The van der Waals surface area contributed by atoms with Crippen LogP contribution >= 0.6 is 0 Å². The quantitative estimate of drug-likeness (QED) is 0.127. The molecule has 0 spiro atoms. The van der Waals surface area contributed by atoms with Crippen molar-refractivity contribution in [2.24, 2.45) is 11.5 Å². The summed E-state index contributed by atoms with van der Waals surface area (Å²) in [5.41, 5.74) is 15.7. The number of esters is 2. The predicted octanol–water partition coefficient (Wildman–Crippen LogP) is 4.81. The average molecular weight is 567 g/mol. The molecule has 4 rings (SSSR count). The third-order valence-corrected chi connectivity index (χ3v) is 6.15. The van der Waals surface area contributed by atoms with E-state index in [4.69, 9.17) is 30.4 Å². The van der Waals surface area contributed by atoms with Crippen LogP contribution < -0.4 is 11.5 Å². The Morgan fingerprint density at radius 3 is 1.02 bits per heavy atom. The topological polar surface area (TPSA) is 123 Å². The molecule has 0 aliphatic carbocycles. The lowest BCUT2D eigenvalue weighted by Gasteiger charge is -2.21. The number of carbonyl (C=O) groups excluding carboxylic acids is 2. The van der Waals surface area contributed by atoms with Gasteiger partial charge in [0, 0.05) is 12.2 Å². The Bertz CT molecular complexity index is 1210. The van der Waals surface area contributed by atoms with Crippen LogP contribution in [0.3, 0.4) is 0 Å². The number of ether oxygens (including phenoxy) is 4. The van der Waals surface area contributed by atoms with Crippen molar-refractivity contribution in [1.82, 2.24) is 0 Å². The van der Waals surface area contributed by atoms with E-state index < -0.39 is 36.6 Å². The summed E-state index contributed by atoms with van der Waals surface area (Å²) in [6.45, 7) is -0.130. The third kappa shape index (κ3) is 9.50. The Balaban J connectivity index is 1.24. The van der Waals surface area contributed by atoms with E-state index in [0.717, 1.165) is 34.4 Å². The molecule has 4 N–H and O–H groups in total. The minimum absolute atomic E-state index is 0.0648. The first-order valence-corrected chi connectivity index (χ1v) is 13.5. The fourth-order valence-electron chi connectivity index (χ4n) is 4.24. The van der Waals surface area contributed by atoms with Crippen molar-refractivity contribution in [3.63, 3.8) is 0 Å². The van der Waals surface area contributed by atoms with Crippen LogP contribution in [0.4, 0.5) is 0 Å². The molecule has 0 saturated carbocycles. The summed E-state index contributed by atoms with van der Waals surface area (Å²) in [6, 6.07) is 38.6. The predicted molar refractivity (Wildman–Crippen MR) is 159 cm³/mol. The molecule has 0 saturated heterocycles. The molecule has 4 aromatic rings. The second-order valence-corrected chi connectivity index (χ2v) is 9.35. The number of carbonyl (C=O) groups is 2. The molecule has 0 fully saturated rings. The highest BCUT2D eigenvalue weighted by atomic mass is 16.6. The lowest BCUT2D eigenvalue weighted by atomic mass is 10.0. The molecule has 0 heterocycles. The highest BCUT2D eigenvalue weighted by Gasteiger charge is 2.19. The molecular formula is C34H34N2O6. The summed E-state index contributed by atoms with van der Waals surface area (Å²) in [7, 11) is 0. The van der Waals surface area contributed by atoms with Gasteiger partial charge in [-0.3, -0.25) is 11.5 Å². The van der Waals surface area contributed by atoms with Crippen molar-refractivity contribution in [3.8, 4) is 0 Å². The molecule has 2 atom stereocenters. The monoisotopic (exact) mass is 566 g/mol. The Kier molecular flexibility index (Phi) is 11.6. The lowest BCUT2D eigenvalue weighted by Crippen LogP contribution is -2.33. The van der Waals surface area contributed by atoms with Gasteiger partial charge in [-0.1, -0.05) is 121 Å². The van der Waals surface area contributed by atoms with Gasteiger partial charge >= 0.3 is 11.9 Å². The first kappa shape index (κ1) is 30.4. The highest BCUT2D eigenvalue weighted by molar-refractivity contribution is 5.91. The summed E-state index contributed by atoms with van der Waals surface area (Å²) >= 11 is 0. The van der Waals surface area contributed by atoms with Crippen molar-refractivity contribution in [3.05, 3.63) is 156 Å². The molecule has 0 aliphatic rings. The van der Waals surface area contributed by atoms with Crippen molar-refractivity contribution in [2.75, 3.05) is 13.2 Å². The molecule has 0 aromatic heterocycles. The zero-order valence-electron chi connectivity index (χ0n) is 23.0. The van der Waals surface area contributed by atoms with E-state index in [0.29, 0.717) is 0 Å². The number of hydrogen-bond acceptors (Lipinski definition) is 8. The number of nitrogens with two attached hydrogens (primary N) is 2. The van der Waals surface area contributed by atoms with E-state index >= 15 is 0 Å². The van der Waals surface area contributed by atoms with Gasteiger partial charge in [-0.15, -0.1) is 0 Å². The van der Waals surface area contributed by atoms with Crippen molar-refractivity contribution >= 4 is 11.9 Å². The van der Waals surface area contributed by atoms with E-state index in [9.17, 15) is 9.59 Å². The second-order valence-electron chi connectivity index (χ2n) is 9.35. The molecule has 2 unspecified atom stereocenters. The van der Waals surface area contributed by atoms with E-state index in [1.54, 1.807) is 0 Å². The van der Waals surface area contributed by atoms with Crippen LogP contribution in [0, 0.1) is 0 Å². The standard InChI is InChI=1S/C34H34N2O6/c35-29(23-39-33(25-13-5-1-6-14-25)26-15-7-2-8-16-26)41-31(37)21-22-32(38)42-30(36)24-40-34(27-17-9-3-10-18-27)28-19-11-4-12-20-28/h1-22,29-30,33-34H,23-24,35-36H2/b22-21-. The maximum absolute atomic E-state index is 12.2. The molecule has 216 valence electrons. The van der Waals surface area contributed by atoms with Crippen LogP contribution in [0.2, 0.25) is 0 Å². The Hall–Kier alpha value is -4.60. The van der Waals surface area contributed by atoms with Gasteiger partial charge < -0.3 is 18.9 Å². The largest absolute Gasteiger partial charge is 0.441 e. The van der Waals surface area contributed by atoms with Gasteiger partial charge in [-0.25, -0.2) is 9.59 Å². The fourth-order valence-corrected chi connectivity index (χ4v) is 4.24. The summed E-state index contributed by atoms with van der Waals surface area (Å²) in [5, 5.41) is 0. The normalized spacial score (nSPS) is 12.8. The van der Waals surface area contributed by atoms with Crippen LogP contribution in [0.25, 0.3) is 0 Å². The first-order chi connectivity index (χ1) is 20.5. The minimum Gasteiger partial charge on any atom is -0.441 e. The second kappa shape index (κ2) is 16.0. The van der Waals surface area contributed by atoms with E-state index in [1.165, 1.54) is 0 Å². The average Bonchev–Trinajstić information content (AvgIpc) is 3.02. The lowest BCUT2D eigenvalue weighted by molar-refractivity contribution is -0.149. The Morgan fingerprint density at radius 1 is 0.500 bits per heavy atom. The van der Waals surface area contributed by atoms with Crippen LogP contribution in [0.5, 0.6) is 0 Å². The van der Waals surface area contributed by atoms with Gasteiger partial charge in [0.15, 0.2) is 12.5 Å². The highest BCUT2D eigenvalue weighted by Crippen LogP contribution is 2.27. The molecule has 0 aliphatic heterocycles. The van der Waals surface area contributed by atoms with Crippen molar-refractivity contribution in [1.29, 1.82) is 0 Å². The maximum Gasteiger partial charge on any atom is 0.332 e. The van der Waals surface area contributed by atoms with E-state index in [2.05, 4.69) is 0 Å².